The molecule has 0 spiro atoms. The van der Waals surface area contributed by atoms with Gasteiger partial charge in [-0.25, -0.2) is 0 Å². The molecule has 1 aromatic rings. The number of ether oxygens (including phenoxy) is 2. The molecule has 3 heteroatoms. The first-order chi connectivity index (χ1) is 9.49. The highest BCUT2D eigenvalue weighted by atomic mass is 16.5. The number of nitrogens with one attached hydrogen (secondary N) is 1. The van der Waals surface area contributed by atoms with Crippen LogP contribution in [0.25, 0.3) is 0 Å². The van der Waals surface area contributed by atoms with Gasteiger partial charge in [-0.05, 0) is 52.5 Å². The molecule has 0 unspecified atom stereocenters. The van der Waals surface area contributed by atoms with Gasteiger partial charge in [0.15, 0.2) is 11.5 Å². The Morgan fingerprint density at radius 3 is 2.55 bits per heavy atom. The summed E-state index contributed by atoms with van der Waals surface area (Å²) in [6, 6.07) is 6.14. The van der Waals surface area contributed by atoms with Gasteiger partial charge in [0.2, 0.25) is 0 Å². The molecule has 0 atom stereocenters. The summed E-state index contributed by atoms with van der Waals surface area (Å²) < 4.78 is 11.8. The maximum absolute atomic E-state index is 6.04. The molecule has 1 fully saturated rings. The third kappa shape index (κ3) is 4.71. The Hall–Kier alpha value is -1.22. The van der Waals surface area contributed by atoms with Crippen molar-refractivity contribution in [1.29, 1.82) is 0 Å². The van der Waals surface area contributed by atoms with Crippen molar-refractivity contribution in [2.75, 3.05) is 13.2 Å². The maximum Gasteiger partial charge on any atom is 0.165 e. The molecule has 0 radical (unpaired) electrons. The average Bonchev–Trinajstić information content (AvgIpc) is 3.18. The SMILES string of the molecule is CCOc1cccc(CNC(C)(C)C)c1OCC1CC1. The van der Waals surface area contributed by atoms with Crippen LogP contribution in [0.2, 0.25) is 0 Å². The van der Waals surface area contributed by atoms with Crippen LogP contribution < -0.4 is 14.8 Å². The second-order valence-electron chi connectivity index (χ2n) is 6.54. The lowest BCUT2D eigenvalue weighted by Gasteiger charge is -2.22. The van der Waals surface area contributed by atoms with Crippen molar-refractivity contribution in [2.45, 2.75) is 52.6 Å². The van der Waals surface area contributed by atoms with E-state index in [1.807, 2.05) is 19.1 Å². The fraction of sp³-hybridized carbons (Fsp3) is 0.647. The van der Waals surface area contributed by atoms with Crippen LogP contribution in [0.1, 0.15) is 46.1 Å². The lowest BCUT2D eigenvalue weighted by Crippen LogP contribution is -2.35. The third-order valence-corrected chi connectivity index (χ3v) is 3.33. The first kappa shape index (κ1) is 15.2. The van der Waals surface area contributed by atoms with Gasteiger partial charge in [0.25, 0.3) is 0 Å². The summed E-state index contributed by atoms with van der Waals surface area (Å²) >= 11 is 0. The van der Waals surface area contributed by atoms with Crippen molar-refractivity contribution < 1.29 is 9.47 Å². The van der Waals surface area contributed by atoms with Gasteiger partial charge >= 0.3 is 0 Å². The van der Waals surface area contributed by atoms with Gasteiger partial charge in [0.1, 0.15) is 0 Å². The lowest BCUT2D eigenvalue weighted by molar-refractivity contribution is 0.262. The van der Waals surface area contributed by atoms with E-state index < -0.39 is 0 Å². The highest BCUT2D eigenvalue weighted by Crippen LogP contribution is 2.35. The first-order valence-corrected chi connectivity index (χ1v) is 7.62. The Kier molecular flexibility index (Phi) is 4.92. The van der Waals surface area contributed by atoms with Crippen molar-refractivity contribution in [2.24, 2.45) is 5.92 Å². The van der Waals surface area contributed by atoms with Gasteiger partial charge in [-0.2, -0.15) is 0 Å². The Labute approximate surface area is 122 Å². The zero-order valence-corrected chi connectivity index (χ0v) is 13.2. The molecule has 1 aromatic carbocycles. The van der Waals surface area contributed by atoms with Gasteiger partial charge in [-0.3, -0.25) is 0 Å². The molecule has 2 rings (SSSR count). The average molecular weight is 277 g/mol. The molecule has 0 amide bonds. The summed E-state index contributed by atoms with van der Waals surface area (Å²) in [4.78, 5) is 0. The van der Waals surface area contributed by atoms with Crippen LogP contribution in [0, 0.1) is 5.92 Å². The van der Waals surface area contributed by atoms with Gasteiger partial charge < -0.3 is 14.8 Å². The molecule has 3 nitrogen and oxygen atoms in total. The molecule has 0 aromatic heterocycles. The van der Waals surface area contributed by atoms with E-state index in [0.717, 1.165) is 30.6 Å². The number of para-hydroxylation sites is 1. The molecular formula is C17H27NO2. The predicted octanol–water partition coefficient (Wildman–Crippen LogP) is 3.76. The van der Waals surface area contributed by atoms with Gasteiger partial charge in [-0.15, -0.1) is 0 Å². The highest BCUT2D eigenvalue weighted by Gasteiger charge is 2.23. The van der Waals surface area contributed by atoms with Crippen molar-refractivity contribution in [3.63, 3.8) is 0 Å². The molecule has 0 saturated heterocycles. The number of benzene rings is 1. The van der Waals surface area contributed by atoms with Crippen molar-refractivity contribution >= 4 is 0 Å². The van der Waals surface area contributed by atoms with Crippen LogP contribution in [0.3, 0.4) is 0 Å². The Morgan fingerprint density at radius 1 is 1.20 bits per heavy atom. The summed E-state index contributed by atoms with van der Waals surface area (Å²) in [7, 11) is 0. The van der Waals surface area contributed by atoms with E-state index in [9.17, 15) is 0 Å². The normalized spacial score (nSPS) is 15.2. The van der Waals surface area contributed by atoms with Crippen LogP contribution >= 0.6 is 0 Å². The fourth-order valence-electron chi connectivity index (χ4n) is 1.98. The van der Waals surface area contributed by atoms with E-state index in [1.165, 1.54) is 18.4 Å². The third-order valence-electron chi connectivity index (χ3n) is 3.33. The van der Waals surface area contributed by atoms with E-state index in [1.54, 1.807) is 0 Å². The molecule has 1 aliphatic carbocycles. The van der Waals surface area contributed by atoms with E-state index in [4.69, 9.17) is 9.47 Å². The smallest absolute Gasteiger partial charge is 0.165 e. The first-order valence-electron chi connectivity index (χ1n) is 7.62. The topological polar surface area (TPSA) is 30.5 Å². The maximum atomic E-state index is 6.04. The van der Waals surface area contributed by atoms with E-state index >= 15 is 0 Å². The minimum Gasteiger partial charge on any atom is -0.490 e. The van der Waals surface area contributed by atoms with Crippen LogP contribution in [0.15, 0.2) is 18.2 Å². The number of hydrogen-bond donors (Lipinski definition) is 1. The molecule has 1 aliphatic rings. The molecule has 0 heterocycles. The molecule has 1 N–H and O–H groups in total. The monoisotopic (exact) mass is 277 g/mol. The van der Waals surface area contributed by atoms with E-state index in [2.05, 4.69) is 32.2 Å². The van der Waals surface area contributed by atoms with Crippen LogP contribution in [0.4, 0.5) is 0 Å². The standard InChI is InChI=1S/C17H27NO2/c1-5-19-15-8-6-7-14(11-18-17(2,3)4)16(15)20-12-13-9-10-13/h6-8,13,18H,5,9-12H2,1-4H3. The quantitative estimate of drug-likeness (QED) is 0.823. The zero-order chi connectivity index (χ0) is 14.6. The molecular weight excluding hydrogens is 250 g/mol. The molecule has 1 saturated carbocycles. The summed E-state index contributed by atoms with van der Waals surface area (Å²) in [5.41, 5.74) is 1.27. The van der Waals surface area contributed by atoms with Gasteiger partial charge in [0, 0.05) is 17.6 Å². The van der Waals surface area contributed by atoms with Crippen molar-refractivity contribution in [3.05, 3.63) is 23.8 Å². The van der Waals surface area contributed by atoms with Gasteiger partial charge in [0.05, 0.1) is 13.2 Å². The minimum atomic E-state index is 0.0926. The molecule has 0 aliphatic heterocycles. The Balaban J connectivity index is 2.11. The summed E-state index contributed by atoms with van der Waals surface area (Å²) in [6.45, 7) is 10.8. The minimum absolute atomic E-state index is 0.0926. The van der Waals surface area contributed by atoms with Crippen molar-refractivity contribution in [1.82, 2.24) is 5.32 Å². The van der Waals surface area contributed by atoms with Crippen LogP contribution in [0.5, 0.6) is 11.5 Å². The zero-order valence-electron chi connectivity index (χ0n) is 13.2. The second-order valence-corrected chi connectivity index (χ2v) is 6.54. The van der Waals surface area contributed by atoms with Crippen molar-refractivity contribution in [3.8, 4) is 11.5 Å². The summed E-state index contributed by atoms with van der Waals surface area (Å²) in [6.07, 6.45) is 2.60. The lowest BCUT2D eigenvalue weighted by atomic mass is 10.1. The van der Waals surface area contributed by atoms with Crippen LogP contribution in [-0.4, -0.2) is 18.8 Å². The molecule has 112 valence electrons. The highest BCUT2D eigenvalue weighted by molar-refractivity contribution is 5.46. The Bertz CT molecular complexity index is 433. The largest absolute Gasteiger partial charge is 0.490 e. The molecule has 20 heavy (non-hydrogen) atoms. The van der Waals surface area contributed by atoms with Crippen LogP contribution in [-0.2, 0) is 6.54 Å². The van der Waals surface area contributed by atoms with Gasteiger partial charge in [-0.1, -0.05) is 12.1 Å². The van der Waals surface area contributed by atoms with E-state index in [-0.39, 0.29) is 5.54 Å². The number of hydrogen-bond acceptors (Lipinski definition) is 3. The number of rotatable bonds is 7. The summed E-state index contributed by atoms with van der Waals surface area (Å²) in [5, 5.41) is 3.52. The Morgan fingerprint density at radius 2 is 1.95 bits per heavy atom. The summed E-state index contributed by atoms with van der Waals surface area (Å²) in [5.74, 6) is 2.52. The predicted molar refractivity (Wildman–Crippen MR) is 82.4 cm³/mol. The fourth-order valence-corrected chi connectivity index (χ4v) is 1.98. The second kappa shape index (κ2) is 6.49. The van der Waals surface area contributed by atoms with E-state index in [0.29, 0.717) is 6.61 Å². The molecule has 0 bridgehead atoms.